The molecule has 0 spiro atoms. The van der Waals surface area contributed by atoms with Crippen molar-refractivity contribution in [3.05, 3.63) is 42.0 Å². The molecule has 2 aromatic carbocycles. The van der Waals surface area contributed by atoms with E-state index in [0.29, 0.717) is 0 Å². The fraction of sp³-hybridized carbons (Fsp3) is 0.412. The van der Waals surface area contributed by atoms with Crippen LogP contribution in [-0.4, -0.2) is 39.2 Å². The zero-order valence-electron chi connectivity index (χ0n) is 13.5. The summed E-state index contributed by atoms with van der Waals surface area (Å²) in [5.74, 6) is 0.962. The molecule has 0 aliphatic rings. The number of benzene rings is 2. The highest BCUT2D eigenvalue weighted by Gasteiger charge is 2.07. The third-order valence-corrected chi connectivity index (χ3v) is 3.48. The minimum absolute atomic E-state index is 0. The van der Waals surface area contributed by atoms with E-state index < -0.39 is 0 Å². The summed E-state index contributed by atoms with van der Waals surface area (Å²) in [5, 5.41) is 6.05. The summed E-state index contributed by atoms with van der Waals surface area (Å²) in [6.45, 7) is 2.97. The second kappa shape index (κ2) is 10.7. The number of ether oxygens (including phenoxy) is 1. The fourth-order valence-corrected chi connectivity index (χ4v) is 2.42. The number of fused-ring (bicyclic) bond motifs is 1. The molecule has 0 aliphatic heterocycles. The predicted octanol–water partition coefficient (Wildman–Crippen LogP) is 3.73. The molecule has 0 amide bonds. The van der Waals surface area contributed by atoms with Gasteiger partial charge in [-0.25, -0.2) is 0 Å². The average molecular weight is 345 g/mol. The van der Waals surface area contributed by atoms with Crippen molar-refractivity contribution < 1.29 is 4.74 Å². The Labute approximate surface area is 145 Å². The Hall–Kier alpha value is -1.00. The maximum Gasteiger partial charge on any atom is 0.123 e. The minimum atomic E-state index is 0. The lowest BCUT2D eigenvalue weighted by Crippen LogP contribution is -2.21. The number of rotatable bonds is 7. The van der Waals surface area contributed by atoms with Gasteiger partial charge >= 0.3 is 0 Å². The van der Waals surface area contributed by atoms with Crippen LogP contribution in [0.15, 0.2) is 36.4 Å². The van der Waals surface area contributed by atoms with Crippen molar-refractivity contribution >= 4 is 35.6 Å². The molecule has 2 aromatic rings. The van der Waals surface area contributed by atoms with Gasteiger partial charge in [0.2, 0.25) is 0 Å². The summed E-state index contributed by atoms with van der Waals surface area (Å²) < 4.78 is 5.50. The number of hydrogen-bond acceptors (Lipinski definition) is 3. The monoisotopic (exact) mass is 344 g/mol. The molecule has 0 unspecified atom stereocenters. The second-order valence-electron chi connectivity index (χ2n) is 5.30. The van der Waals surface area contributed by atoms with E-state index in [2.05, 4.69) is 60.7 Å². The zero-order chi connectivity index (χ0) is 14.4. The lowest BCUT2D eigenvalue weighted by atomic mass is 10.0. The molecule has 0 saturated heterocycles. The molecule has 5 heteroatoms. The summed E-state index contributed by atoms with van der Waals surface area (Å²) in [5.41, 5.74) is 1.25. The SMILES string of the molecule is COc1ccc2ccccc2c1CNCCCN(C)C.Cl.Cl. The summed E-state index contributed by atoms with van der Waals surface area (Å²) in [4.78, 5) is 2.21. The molecule has 1 N–H and O–H groups in total. The molecule has 3 nitrogen and oxygen atoms in total. The van der Waals surface area contributed by atoms with Gasteiger partial charge in [-0.15, -0.1) is 24.8 Å². The Balaban J connectivity index is 0.00000220. The van der Waals surface area contributed by atoms with Gasteiger partial charge in [-0.3, -0.25) is 0 Å². The highest BCUT2D eigenvalue weighted by Crippen LogP contribution is 2.27. The molecule has 0 radical (unpaired) electrons. The molecule has 0 saturated carbocycles. The first-order valence-corrected chi connectivity index (χ1v) is 7.12. The van der Waals surface area contributed by atoms with E-state index in [9.17, 15) is 0 Å². The molecular formula is C17H26Cl2N2O. The van der Waals surface area contributed by atoms with Crippen LogP contribution in [0.3, 0.4) is 0 Å². The van der Waals surface area contributed by atoms with Gasteiger partial charge in [-0.05, 0) is 50.4 Å². The van der Waals surface area contributed by atoms with Crippen LogP contribution in [0.2, 0.25) is 0 Å². The first kappa shape index (κ1) is 21.0. The first-order chi connectivity index (χ1) is 9.72. The molecule has 124 valence electrons. The van der Waals surface area contributed by atoms with Crippen LogP contribution in [0, 0.1) is 0 Å². The van der Waals surface area contributed by atoms with Gasteiger partial charge in [-0.2, -0.15) is 0 Å². The van der Waals surface area contributed by atoms with Crippen molar-refractivity contribution in [1.82, 2.24) is 10.2 Å². The number of halogens is 2. The van der Waals surface area contributed by atoms with Crippen LogP contribution in [-0.2, 0) is 6.54 Å². The van der Waals surface area contributed by atoms with Gasteiger partial charge in [-0.1, -0.05) is 30.3 Å². The topological polar surface area (TPSA) is 24.5 Å². The zero-order valence-corrected chi connectivity index (χ0v) is 15.1. The van der Waals surface area contributed by atoms with Crippen molar-refractivity contribution in [3.8, 4) is 5.75 Å². The van der Waals surface area contributed by atoms with Crippen molar-refractivity contribution in [1.29, 1.82) is 0 Å². The lowest BCUT2D eigenvalue weighted by Gasteiger charge is -2.14. The lowest BCUT2D eigenvalue weighted by molar-refractivity contribution is 0.391. The third-order valence-electron chi connectivity index (χ3n) is 3.48. The van der Waals surface area contributed by atoms with Gasteiger partial charge in [0.15, 0.2) is 0 Å². The van der Waals surface area contributed by atoms with Crippen molar-refractivity contribution in [2.45, 2.75) is 13.0 Å². The van der Waals surface area contributed by atoms with E-state index in [4.69, 9.17) is 4.74 Å². The van der Waals surface area contributed by atoms with E-state index in [1.807, 2.05) is 0 Å². The molecule has 0 aliphatic carbocycles. The third kappa shape index (κ3) is 5.65. The van der Waals surface area contributed by atoms with Gasteiger partial charge in [0.25, 0.3) is 0 Å². The largest absolute Gasteiger partial charge is 0.496 e. The summed E-state index contributed by atoms with van der Waals surface area (Å²) in [7, 11) is 5.95. The molecule has 0 atom stereocenters. The van der Waals surface area contributed by atoms with Crippen LogP contribution in [0.25, 0.3) is 10.8 Å². The Morgan fingerprint density at radius 3 is 2.45 bits per heavy atom. The van der Waals surface area contributed by atoms with E-state index in [1.165, 1.54) is 16.3 Å². The molecule has 2 rings (SSSR count). The van der Waals surface area contributed by atoms with Crippen LogP contribution in [0.4, 0.5) is 0 Å². The quantitative estimate of drug-likeness (QED) is 0.774. The van der Waals surface area contributed by atoms with Gasteiger partial charge in [0.05, 0.1) is 7.11 Å². The number of nitrogens with one attached hydrogen (secondary N) is 1. The maximum absolute atomic E-state index is 5.50. The molecular weight excluding hydrogens is 319 g/mol. The summed E-state index contributed by atoms with van der Waals surface area (Å²) in [6.07, 6.45) is 1.15. The Morgan fingerprint density at radius 2 is 1.77 bits per heavy atom. The van der Waals surface area contributed by atoms with E-state index in [0.717, 1.165) is 31.8 Å². The van der Waals surface area contributed by atoms with Crippen LogP contribution < -0.4 is 10.1 Å². The molecule has 0 heterocycles. The number of nitrogens with zero attached hydrogens (tertiary/aromatic N) is 1. The Kier molecular flexibility index (Phi) is 10.2. The van der Waals surface area contributed by atoms with Gasteiger partial charge in [0, 0.05) is 12.1 Å². The highest BCUT2D eigenvalue weighted by molar-refractivity contribution is 5.87. The normalized spacial score (nSPS) is 10.2. The van der Waals surface area contributed by atoms with E-state index in [1.54, 1.807) is 7.11 Å². The average Bonchev–Trinajstić information content (AvgIpc) is 2.46. The van der Waals surface area contributed by atoms with E-state index >= 15 is 0 Å². The van der Waals surface area contributed by atoms with Crippen LogP contribution in [0.5, 0.6) is 5.75 Å². The molecule has 22 heavy (non-hydrogen) atoms. The van der Waals surface area contributed by atoms with E-state index in [-0.39, 0.29) is 24.8 Å². The molecule has 0 fully saturated rings. The summed E-state index contributed by atoms with van der Waals surface area (Å²) in [6, 6.07) is 12.6. The van der Waals surface area contributed by atoms with Crippen molar-refractivity contribution in [2.75, 3.05) is 34.3 Å². The highest BCUT2D eigenvalue weighted by atomic mass is 35.5. The fourth-order valence-electron chi connectivity index (χ4n) is 2.42. The predicted molar refractivity (Wildman–Crippen MR) is 99.9 cm³/mol. The van der Waals surface area contributed by atoms with Gasteiger partial charge < -0.3 is 15.0 Å². The van der Waals surface area contributed by atoms with Crippen LogP contribution >= 0.6 is 24.8 Å². The molecule has 0 aromatic heterocycles. The smallest absolute Gasteiger partial charge is 0.123 e. The maximum atomic E-state index is 5.50. The Bertz CT molecular complexity index is 561. The van der Waals surface area contributed by atoms with Crippen molar-refractivity contribution in [3.63, 3.8) is 0 Å². The second-order valence-corrected chi connectivity index (χ2v) is 5.30. The van der Waals surface area contributed by atoms with Gasteiger partial charge in [0.1, 0.15) is 5.75 Å². The first-order valence-electron chi connectivity index (χ1n) is 7.12. The number of methoxy groups -OCH3 is 1. The Morgan fingerprint density at radius 1 is 1.05 bits per heavy atom. The summed E-state index contributed by atoms with van der Waals surface area (Å²) >= 11 is 0. The van der Waals surface area contributed by atoms with Crippen LogP contribution in [0.1, 0.15) is 12.0 Å². The minimum Gasteiger partial charge on any atom is -0.496 e. The standard InChI is InChI=1S/C17H24N2O.2ClH/c1-19(2)12-6-11-18-13-16-15-8-5-4-7-14(15)9-10-17(16)20-3;;/h4-5,7-10,18H,6,11-13H2,1-3H3;2*1H. The molecule has 0 bridgehead atoms. The van der Waals surface area contributed by atoms with Crippen molar-refractivity contribution in [2.24, 2.45) is 0 Å². The number of hydrogen-bond donors (Lipinski definition) is 1.